The van der Waals surface area contributed by atoms with Gasteiger partial charge in [-0.25, -0.2) is 0 Å². The number of nitrogens with zero attached hydrogens (tertiary/aromatic N) is 3. The molecule has 2 heterocycles. The molecule has 2 aromatic rings. The van der Waals surface area contributed by atoms with E-state index in [1.165, 1.54) is 44.9 Å². The average molecular weight is 901 g/mol. The van der Waals surface area contributed by atoms with Gasteiger partial charge in [0.1, 0.15) is 0 Å². The molecule has 6 fully saturated rings. The molecular weight excluding hydrogens is 830 g/mol. The number of carbonyl (C=O) groups is 4. The van der Waals surface area contributed by atoms with E-state index in [0.29, 0.717) is 88.5 Å². The fourth-order valence-corrected chi connectivity index (χ4v) is 16.6. The van der Waals surface area contributed by atoms with Crippen molar-refractivity contribution in [1.82, 2.24) is 9.80 Å². The second kappa shape index (κ2) is 17.3. The molecule has 8 aliphatic rings. The Hall–Kier alpha value is -4.42. The second-order valence-electron chi connectivity index (χ2n) is 22.6. The first kappa shape index (κ1) is 45.7. The first-order valence-corrected chi connectivity index (χ1v) is 25.1. The fourth-order valence-electron chi connectivity index (χ4n) is 16.4. The lowest BCUT2D eigenvalue weighted by Crippen LogP contribution is -2.59. The lowest BCUT2D eigenvalue weighted by molar-refractivity contribution is -0.139. The molecule has 0 spiro atoms. The number of amides is 4. The first-order valence-electron chi connectivity index (χ1n) is 24.8. The number of likely N-dealkylation sites (N-methyl/N-ethyl adjacent to an activating group) is 2. The topological polar surface area (TPSA) is 123 Å². The van der Waals surface area contributed by atoms with Gasteiger partial charge in [0.2, 0.25) is 23.6 Å². The van der Waals surface area contributed by atoms with Crippen LogP contribution >= 0.6 is 11.6 Å². The van der Waals surface area contributed by atoms with Crippen LogP contribution in [0.4, 0.5) is 11.4 Å². The summed E-state index contributed by atoms with van der Waals surface area (Å²) in [5, 5.41) is 15.9. The van der Waals surface area contributed by atoms with Crippen molar-refractivity contribution in [3.05, 3.63) is 83.4 Å². The summed E-state index contributed by atoms with van der Waals surface area (Å²) in [6.07, 6.45) is 23.2. The van der Waals surface area contributed by atoms with E-state index in [1.54, 1.807) is 18.2 Å². The van der Waals surface area contributed by atoms with Crippen molar-refractivity contribution in [2.45, 2.75) is 130 Å². The number of hydrogen-bond acceptors (Lipinski definition) is 5. The number of nitriles is 1. The molecule has 6 saturated carbocycles. The smallest absolute Gasteiger partial charge is 0.246 e. The number of halogens is 1. The third-order valence-electron chi connectivity index (χ3n) is 19.9. The minimum Gasteiger partial charge on any atom is -0.338 e. The third kappa shape index (κ3) is 7.96. The van der Waals surface area contributed by atoms with Gasteiger partial charge in [-0.15, -0.1) is 0 Å². The number of fused-ring (bicyclic) bond motifs is 10. The lowest BCUT2D eigenvalue weighted by Gasteiger charge is -2.60. The molecule has 65 heavy (non-hydrogen) atoms. The van der Waals surface area contributed by atoms with Crippen LogP contribution in [0.1, 0.15) is 123 Å². The normalized spacial score (nSPS) is 39.8. The minimum absolute atomic E-state index is 0.0603. The zero-order valence-corrected chi connectivity index (χ0v) is 40.2. The predicted molar refractivity (Wildman–Crippen MR) is 256 cm³/mol. The van der Waals surface area contributed by atoms with E-state index in [1.807, 2.05) is 66.4 Å². The number of carbonyl (C=O) groups excluding carboxylic acids is 4. The summed E-state index contributed by atoms with van der Waals surface area (Å²) >= 11 is 5.97. The van der Waals surface area contributed by atoms with E-state index in [9.17, 15) is 19.2 Å². The molecule has 2 aliphatic heterocycles. The molecule has 4 amide bonds. The molecule has 0 radical (unpaired) electrons. The minimum atomic E-state index is 0.0603. The van der Waals surface area contributed by atoms with Gasteiger partial charge in [0.15, 0.2) is 0 Å². The molecule has 6 aliphatic carbocycles. The molecule has 0 bridgehead atoms. The molecule has 10 rings (SSSR count). The van der Waals surface area contributed by atoms with Gasteiger partial charge < -0.3 is 20.4 Å². The molecule has 0 aromatic heterocycles. The largest absolute Gasteiger partial charge is 0.338 e. The van der Waals surface area contributed by atoms with Gasteiger partial charge in [-0.3, -0.25) is 19.2 Å². The van der Waals surface area contributed by atoms with Crippen LogP contribution in [-0.2, 0) is 19.2 Å². The van der Waals surface area contributed by atoms with Crippen LogP contribution in [0.5, 0.6) is 0 Å². The summed E-state index contributed by atoms with van der Waals surface area (Å²) in [6, 6.07) is 17.3. The Morgan fingerprint density at radius 1 is 0.646 bits per heavy atom. The molecule has 14 atom stereocenters. The van der Waals surface area contributed by atoms with Crippen LogP contribution < -0.4 is 10.6 Å². The van der Waals surface area contributed by atoms with Crippen LogP contribution in [0.2, 0.25) is 5.02 Å². The Morgan fingerprint density at radius 3 is 1.60 bits per heavy atom. The molecule has 3 unspecified atom stereocenters. The van der Waals surface area contributed by atoms with Crippen LogP contribution in [0.25, 0.3) is 0 Å². The number of nitrogens with one attached hydrogen (secondary N) is 2. The van der Waals surface area contributed by atoms with Crippen molar-refractivity contribution < 1.29 is 19.2 Å². The maximum Gasteiger partial charge on any atom is 0.246 e. The number of rotatable bonds is 6. The molecule has 9 nitrogen and oxygen atoms in total. The fraction of sp³-hybridized carbons (Fsp3) is 0.618. The Bertz CT molecular complexity index is 2310. The van der Waals surface area contributed by atoms with E-state index in [0.717, 1.165) is 37.8 Å². The molecule has 346 valence electrons. The zero-order valence-electron chi connectivity index (χ0n) is 39.5. The van der Waals surface area contributed by atoms with Gasteiger partial charge in [0.05, 0.1) is 11.6 Å². The quantitative estimate of drug-likeness (QED) is 0.299. The average Bonchev–Trinajstić information content (AvgIpc) is 3.80. The van der Waals surface area contributed by atoms with Gasteiger partial charge in [-0.05, 0) is 190 Å². The summed E-state index contributed by atoms with van der Waals surface area (Å²) in [7, 11) is 3.95. The third-order valence-corrected chi connectivity index (χ3v) is 20.2. The molecule has 0 saturated heterocycles. The Labute approximate surface area is 392 Å². The van der Waals surface area contributed by atoms with Crippen molar-refractivity contribution in [3.63, 3.8) is 0 Å². The molecule has 2 N–H and O–H groups in total. The summed E-state index contributed by atoms with van der Waals surface area (Å²) < 4.78 is 0. The monoisotopic (exact) mass is 900 g/mol. The highest BCUT2D eigenvalue weighted by molar-refractivity contribution is 6.30. The van der Waals surface area contributed by atoms with Crippen molar-refractivity contribution in [2.75, 3.05) is 24.7 Å². The highest BCUT2D eigenvalue weighted by Gasteiger charge is 2.62. The Kier molecular flexibility index (Phi) is 12.2. The highest BCUT2D eigenvalue weighted by atomic mass is 35.5. The maximum atomic E-state index is 12.9. The van der Waals surface area contributed by atoms with Gasteiger partial charge in [0.25, 0.3) is 0 Å². The number of anilines is 2. The Balaban J connectivity index is 0.000000164. The lowest BCUT2D eigenvalue weighted by atomic mass is 9.47. The zero-order chi connectivity index (χ0) is 46.1. The number of benzene rings is 2. The highest BCUT2D eigenvalue weighted by Crippen LogP contribution is 2.67. The second-order valence-corrected chi connectivity index (χ2v) is 23.0. The summed E-state index contributed by atoms with van der Waals surface area (Å²) in [6.45, 7) is 9.67. The van der Waals surface area contributed by atoms with E-state index in [-0.39, 0.29) is 45.3 Å². The van der Waals surface area contributed by atoms with E-state index in [4.69, 9.17) is 16.9 Å². The van der Waals surface area contributed by atoms with E-state index >= 15 is 0 Å². The van der Waals surface area contributed by atoms with E-state index < -0.39 is 0 Å². The van der Waals surface area contributed by atoms with Crippen LogP contribution in [-0.4, -0.2) is 59.6 Å². The Morgan fingerprint density at radius 2 is 1.12 bits per heavy atom. The van der Waals surface area contributed by atoms with Gasteiger partial charge in [-0.2, -0.15) is 5.26 Å². The summed E-state index contributed by atoms with van der Waals surface area (Å²) in [5.41, 5.74) is 2.67. The summed E-state index contributed by atoms with van der Waals surface area (Å²) in [5.74, 6) is 5.28. The summed E-state index contributed by atoms with van der Waals surface area (Å²) in [4.78, 5) is 54.3. The van der Waals surface area contributed by atoms with Gasteiger partial charge in [0, 0.05) is 66.2 Å². The number of hydrogen-bond donors (Lipinski definition) is 2. The molecule has 10 heteroatoms. The van der Waals surface area contributed by atoms with Crippen molar-refractivity contribution in [2.24, 2.45) is 69.0 Å². The first-order chi connectivity index (χ1) is 31.0. The standard InChI is InChI=1S/C28H35N3O2.C27H35ClN2O2/c1-27-13-11-23-21(8-10-24-28(23,2)14-12-26(33)31(24)3)22(27)9-7-19(27)16-25(32)30-20-6-4-5-18(15-20)17-29;1-26-14-12-22-20(9-11-23-27(22,2)15-13-25(32)30(23)3)21(26)10-4-17(26)16-24(31)29-19-7-5-18(28)6-8-19/h4-6,12,14-15,19,21-24H,7-11,13,16H2,1-3H3,(H,30,32);5-8,13,15,17,20-23H,4,9-12,14,16H2,1-3H3,(H,29,31)/t19-,21+,22+,23+,24-,27-,28-;17-,20?,21?,22?,23-,26-,27-/m11/s1. The SMILES string of the molecule is CN1C(=O)C=C[C@]2(C)C3CC[C@@]4(C)C(CC[C@@H]4CC(=O)Nc4ccc(Cl)cc4)C3CC[C@@H]12.CN1C(=O)C=C[C@]2(C)[C@H]3CC[C@]4(C)[C@@H](CC(=O)Nc5cccc(C#N)c5)CC[C@H]4[C@@H]3CC[C@@H]12. The van der Waals surface area contributed by atoms with Crippen molar-refractivity contribution >= 4 is 46.6 Å². The van der Waals surface area contributed by atoms with E-state index in [2.05, 4.69) is 56.5 Å². The van der Waals surface area contributed by atoms with Crippen LogP contribution in [0.15, 0.2) is 72.8 Å². The maximum absolute atomic E-state index is 12.9. The van der Waals surface area contributed by atoms with Crippen LogP contribution in [0.3, 0.4) is 0 Å². The predicted octanol–water partition coefficient (Wildman–Crippen LogP) is 11.1. The van der Waals surface area contributed by atoms with Crippen molar-refractivity contribution in [3.8, 4) is 6.07 Å². The van der Waals surface area contributed by atoms with Gasteiger partial charge in [-0.1, -0.05) is 57.5 Å². The molecule has 2 aromatic carbocycles. The van der Waals surface area contributed by atoms with Gasteiger partial charge >= 0.3 is 0 Å². The van der Waals surface area contributed by atoms with Crippen LogP contribution in [0, 0.1) is 80.3 Å². The van der Waals surface area contributed by atoms with Crippen molar-refractivity contribution in [1.29, 1.82) is 5.26 Å². The molecular formula is C55H70ClN5O4.